The predicted octanol–water partition coefficient (Wildman–Crippen LogP) is 23.1. The second kappa shape index (κ2) is 37.3. The lowest BCUT2D eigenvalue weighted by atomic mass is 8.97. The molecule has 0 aromatic rings. The van der Waals surface area contributed by atoms with E-state index in [1.54, 1.807) is 0 Å². The van der Waals surface area contributed by atoms with Crippen molar-refractivity contribution in [2.75, 3.05) is 0 Å². The van der Waals surface area contributed by atoms with Crippen molar-refractivity contribution in [2.45, 2.75) is 360 Å². The van der Waals surface area contributed by atoms with E-state index in [1.807, 2.05) is 0 Å². The van der Waals surface area contributed by atoms with Gasteiger partial charge < -0.3 is 0 Å². The summed E-state index contributed by atoms with van der Waals surface area (Å²) in [6, 6.07) is 0. The van der Waals surface area contributed by atoms with Crippen LogP contribution < -0.4 is 0 Å². The Morgan fingerprint density at radius 1 is 0.184 bits per heavy atom. The molecule has 0 nitrogen and oxygen atoms in total. The Balaban J connectivity index is 0.000000572. The zero-order chi connectivity index (χ0) is 76.9. The first-order chi connectivity index (χ1) is 43.5. The molecule has 98 heavy (non-hydrogen) atoms. The van der Waals surface area contributed by atoms with Crippen LogP contribution in [-0.2, 0) is 0 Å². The maximum atomic E-state index is 2.50. The molecule has 0 aliphatic carbocycles. The average Bonchev–Trinajstić information content (AvgIpc) is 0.803. The molecular formula is C82H152B16. The van der Waals surface area contributed by atoms with Crippen LogP contribution in [0.25, 0.3) is 0 Å². The summed E-state index contributed by atoms with van der Waals surface area (Å²) >= 11 is 0. The van der Waals surface area contributed by atoms with E-state index in [1.165, 1.54) is 0 Å². The van der Waals surface area contributed by atoms with Gasteiger partial charge >= 0.3 is 0 Å². The van der Waals surface area contributed by atoms with Crippen LogP contribution in [0.15, 0.2) is 72.3 Å². The second-order valence-electron chi connectivity index (χ2n) is 45.9. The van der Waals surface area contributed by atoms with Crippen molar-refractivity contribution in [2.24, 2.45) is 87.6 Å². The van der Waals surface area contributed by atoms with Crippen molar-refractivity contribution in [3.8, 4) is 0 Å². The fourth-order valence-electron chi connectivity index (χ4n) is 14.4. The molecule has 0 aromatic heterocycles. The van der Waals surface area contributed by atoms with Crippen molar-refractivity contribution in [3.63, 3.8) is 0 Å². The van der Waals surface area contributed by atoms with Gasteiger partial charge in [0.1, 0.15) is 43.7 Å². The van der Waals surface area contributed by atoms with Gasteiger partial charge in [0.15, 0.2) is 0 Å². The lowest BCUT2D eigenvalue weighted by Gasteiger charge is -2.47. The van der Waals surface area contributed by atoms with Gasteiger partial charge in [0, 0.05) is 14.1 Å². The number of allylic oxidation sites excluding steroid dienone is 6. The molecule has 0 bridgehead atoms. The van der Waals surface area contributed by atoms with E-state index in [4.69, 9.17) is 0 Å². The molecule has 0 amide bonds. The normalized spacial score (nSPS) is 28.1. The standard InChI is InChI=1S/6C12H22B2.C10H20B4/c1-11(2,3)9-10(12(4,5)6)14-8-7-13-9;2*1-11(2,3)9-7-8-13-10(14-9)12(4,5)6;2*1-11(2,3)9-7-8-13-14-10(9)12(4,5)6;1-11(2,3)9-7-8-10(14-13-9)12(4,5)6;1-9(2,3)7-8(10(4,5)6)12-14-13-11-7/h6*7-10H,1-6H3;7-8H,1-6H3. The molecule has 1 fully saturated rings. The first-order valence-corrected chi connectivity index (χ1v) is 39.0. The molecule has 7 aliphatic heterocycles. The van der Waals surface area contributed by atoms with Gasteiger partial charge in [-0.25, -0.2) is 0 Å². The minimum absolute atomic E-state index is 0.355. The minimum atomic E-state index is 0.355. The summed E-state index contributed by atoms with van der Waals surface area (Å²) in [5.74, 6) is 20.9. The summed E-state index contributed by atoms with van der Waals surface area (Å²) in [5, 5.41) is 0. The SMILES string of the molecule is CC(C)(C)C1[B]C=CC(C(C)(C)C)[B]1.CC(C)(C)C1[B]C=CC(C(C)(C)C)[B]1.CC(C)(C)C1[B]C=C[B]C1C(C)(C)C.CC(C)(C)C1[B][B]C(C(C)(C)C)C=C1.CC(C)(C)C1[B][B]C=CC1C(C)(C)C.CC(C)(C)C1[B][B]C=CC1C(C)(C)C.CC(C)(C)C1[B][B][B][B]C1C(C)(C)C. The highest BCUT2D eigenvalue weighted by molar-refractivity contribution is 7.46. The van der Waals surface area contributed by atoms with Gasteiger partial charge in [-0.3, -0.25) is 0 Å². The third-order valence-electron chi connectivity index (χ3n) is 21.7. The molecule has 16 radical (unpaired) electrons. The molecule has 14 atom stereocenters. The van der Waals surface area contributed by atoms with E-state index >= 15 is 0 Å². The van der Waals surface area contributed by atoms with E-state index in [9.17, 15) is 0 Å². The molecule has 16 heteroatoms. The summed E-state index contributed by atoms with van der Waals surface area (Å²) in [6.45, 7) is 97.5. The van der Waals surface area contributed by atoms with Crippen LogP contribution in [0.3, 0.4) is 0 Å². The summed E-state index contributed by atoms with van der Waals surface area (Å²) < 4.78 is 0. The summed E-state index contributed by atoms with van der Waals surface area (Å²) in [7, 11) is 37.4. The number of hydrogen-bond acceptors (Lipinski definition) is 0. The summed E-state index contributed by atoms with van der Waals surface area (Å²) in [6.07, 6.45) is 14.1. The zero-order valence-corrected chi connectivity index (χ0v) is 73.2. The summed E-state index contributed by atoms with van der Waals surface area (Å²) in [5.41, 5.74) is 6.23. The molecule has 7 aliphatic rings. The van der Waals surface area contributed by atoms with E-state index in [0.29, 0.717) is 157 Å². The first-order valence-electron chi connectivity index (χ1n) is 39.0. The van der Waals surface area contributed by atoms with Gasteiger partial charge in [0.2, 0.25) is 0 Å². The zero-order valence-electron chi connectivity index (χ0n) is 73.2. The third-order valence-corrected chi connectivity index (χ3v) is 21.7. The Kier molecular flexibility index (Phi) is 36.4. The molecule has 528 valence electrons. The largest absolute Gasteiger partial charge is 0.143 e. The fraction of sp³-hybridized carbons (Fsp3) is 0.854. The van der Waals surface area contributed by atoms with Gasteiger partial charge in [-0.15, -0.1) is 48.0 Å². The van der Waals surface area contributed by atoms with Crippen LogP contribution in [0.4, 0.5) is 0 Å². The maximum Gasteiger partial charge on any atom is 0.143 e. The number of rotatable bonds is 0. The number of hydrogen-bond donors (Lipinski definition) is 0. The molecule has 0 spiro atoms. The predicted molar refractivity (Wildman–Crippen MR) is 471 cm³/mol. The van der Waals surface area contributed by atoms with Gasteiger partial charge in [-0.2, -0.15) is 0 Å². The van der Waals surface area contributed by atoms with Crippen LogP contribution in [0.1, 0.15) is 291 Å². The van der Waals surface area contributed by atoms with Gasteiger partial charge in [0.05, 0.1) is 57.4 Å². The van der Waals surface area contributed by atoms with Crippen LogP contribution in [0.5, 0.6) is 0 Å². The van der Waals surface area contributed by atoms with Crippen molar-refractivity contribution in [1.82, 2.24) is 0 Å². The highest BCUT2D eigenvalue weighted by Gasteiger charge is 2.44. The Morgan fingerprint density at radius 3 is 0.633 bits per heavy atom. The smallest absolute Gasteiger partial charge is 0.136 e. The molecule has 1 saturated heterocycles. The Hall–Kier alpha value is -0.521. The van der Waals surface area contributed by atoms with Gasteiger partial charge in [-0.1, -0.05) is 373 Å². The minimum Gasteiger partial charge on any atom is -0.136 e. The van der Waals surface area contributed by atoms with Crippen LogP contribution in [0, 0.1) is 87.6 Å². The monoisotopic (exact) mass is 1310 g/mol. The average molecular weight is 1310 g/mol. The highest BCUT2D eigenvalue weighted by atomic mass is 14.4. The third kappa shape index (κ3) is 34.4. The Labute approximate surface area is 631 Å². The van der Waals surface area contributed by atoms with Crippen LogP contribution >= 0.6 is 0 Å². The van der Waals surface area contributed by atoms with Crippen LogP contribution in [-0.4, -0.2) is 115 Å². The van der Waals surface area contributed by atoms with E-state index in [-0.39, 0.29) is 0 Å². The Morgan fingerprint density at radius 2 is 0.439 bits per heavy atom. The molecule has 0 N–H and O–H groups in total. The van der Waals surface area contributed by atoms with E-state index in [0.717, 1.165) is 0 Å². The van der Waals surface area contributed by atoms with Gasteiger partial charge in [-0.05, 0) is 99.3 Å². The lowest BCUT2D eigenvalue weighted by Crippen LogP contribution is -2.45. The maximum absolute atomic E-state index is 2.50. The summed E-state index contributed by atoms with van der Waals surface area (Å²) in [4.78, 5) is 0. The first kappa shape index (κ1) is 95.5. The van der Waals surface area contributed by atoms with Crippen molar-refractivity contribution < 1.29 is 0 Å². The second-order valence-corrected chi connectivity index (χ2v) is 45.9. The van der Waals surface area contributed by atoms with Crippen LogP contribution in [0.2, 0.25) is 69.6 Å². The molecule has 7 rings (SSSR count). The molecule has 0 saturated carbocycles. The molecular weight excluding hydrogens is 1160 g/mol. The molecule has 14 unspecified atom stereocenters. The quantitative estimate of drug-likeness (QED) is 0.168. The molecule has 0 aromatic carbocycles. The topological polar surface area (TPSA) is 0 Å². The van der Waals surface area contributed by atoms with Crippen molar-refractivity contribution >= 4 is 115 Å². The van der Waals surface area contributed by atoms with Crippen molar-refractivity contribution in [3.05, 3.63) is 72.3 Å². The molecule has 7 heterocycles. The Bertz CT molecular complexity index is 2270. The van der Waals surface area contributed by atoms with Gasteiger partial charge in [0.25, 0.3) is 0 Å². The fourth-order valence-corrected chi connectivity index (χ4v) is 14.4. The van der Waals surface area contributed by atoms with E-state index in [2.05, 4.69) is 478 Å². The highest BCUT2D eigenvalue weighted by Crippen LogP contribution is 2.53. The van der Waals surface area contributed by atoms with E-state index < -0.39 is 0 Å². The van der Waals surface area contributed by atoms with Crippen molar-refractivity contribution in [1.29, 1.82) is 0 Å². The lowest BCUT2D eigenvalue weighted by molar-refractivity contribution is 0.207.